The Bertz CT molecular complexity index is 476. The second kappa shape index (κ2) is 7.12. The molecule has 122 valence electrons. The van der Waals surface area contributed by atoms with Crippen LogP contribution in [-0.2, 0) is 0 Å². The summed E-state index contributed by atoms with van der Waals surface area (Å²) in [5, 5.41) is 10.6. The average molecular weight is 302 g/mol. The van der Waals surface area contributed by atoms with E-state index in [1.54, 1.807) is 0 Å². The number of likely N-dealkylation sites (tertiary alicyclic amines) is 2. The highest BCUT2D eigenvalue weighted by molar-refractivity contribution is 5.30. The SMILES string of the molecule is Cc1cc(C)cc(C(O)CN2CCCC(N3CCCC3)C2)c1. The van der Waals surface area contributed by atoms with Gasteiger partial charge in [0.1, 0.15) is 0 Å². The van der Waals surface area contributed by atoms with E-state index < -0.39 is 0 Å². The Kier molecular flexibility index (Phi) is 5.17. The van der Waals surface area contributed by atoms with Crippen molar-refractivity contribution in [2.24, 2.45) is 0 Å². The van der Waals surface area contributed by atoms with Gasteiger partial charge in [-0.3, -0.25) is 9.80 Å². The topological polar surface area (TPSA) is 26.7 Å². The number of aryl methyl sites for hydroxylation is 2. The molecular formula is C19H30N2O. The van der Waals surface area contributed by atoms with E-state index in [1.165, 1.54) is 49.9 Å². The van der Waals surface area contributed by atoms with E-state index in [4.69, 9.17) is 0 Å². The fraction of sp³-hybridized carbons (Fsp3) is 0.684. The third kappa shape index (κ3) is 3.89. The number of hydrogen-bond acceptors (Lipinski definition) is 3. The molecule has 0 amide bonds. The molecule has 2 aliphatic rings. The van der Waals surface area contributed by atoms with Crippen LogP contribution >= 0.6 is 0 Å². The lowest BCUT2D eigenvalue weighted by Crippen LogP contribution is -2.47. The summed E-state index contributed by atoms with van der Waals surface area (Å²) in [4.78, 5) is 5.13. The maximum absolute atomic E-state index is 10.6. The Labute approximate surface area is 134 Å². The van der Waals surface area contributed by atoms with E-state index in [0.29, 0.717) is 6.04 Å². The van der Waals surface area contributed by atoms with E-state index in [2.05, 4.69) is 41.8 Å². The number of benzene rings is 1. The van der Waals surface area contributed by atoms with Crippen molar-refractivity contribution in [3.8, 4) is 0 Å². The summed E-state index contributed by atoms with van der Waals surface area (Å²) in [7, 11) is 0. The first-order chi connectivity index (χ1) is 10.6. The molecule has 2 unspecified atom stereocenters. The minimum absolute atomic E-state index is 0.365. The van der Waals surface area contributed by atoms with Crippen LogP contribution in [-0.4, -0.2) is 53.7 Å². The molecule has 2 fully saturated rings. The van der Waals surface area contributed by atoms with E-state index in [-0.39, 0.29) is 6.10 Å². The number of β-amino-alcohol motifs (C(OH)–C–C–N with tert-alkyl or cyclic N) is 1. The Balaban J connectivity index is 1.59. The van der Waals surface area contributed by atoms with Gasteiger partial charge >= 0.3 is 0 Å². The first-order valence-electron chi connectivity index (χ1n) is 8.84. The normalized spacial score (nSPS) is 25.5. The molecule has 1 N–H and O–H groups in total. The third-order valence-electron chi connectivity index (χ3n) is 5.20. The van der Waals surface area contributed by atoms with Crippen LogP contribution in [0.25, 0.3) is 0 Å². The number of rotatable bonds is 4. The van der Waals surface area contributed by atoms with Gasteiger partial charge in [0.15, 0.2) is 0 Å². The summed E-state index contributed by atoms with van der Waals surface area (Å²) in [5.41, 5.74) is 3.55. The zero-order chi connectivity index (χ0) is 15.5. The van der Waals surface area contributed by atoms with Gasteiger partial charge in [-0.15, -0.1) is 0 Å². The van der Waals surface area contributed by atoms with Gasteiger partial charge in [0.05, 0.1) is 6.10 Å². The van der Waals surface area contributed by atoms with Gasteiger partial charge in [0, 0.05) is 19.1 Å². The van der Waals surface area contributed by atoms with Crippen LogP contribution in [0.1, 0.15) is 48.5 Å². The average Bonchev–Trinajstić information content (AvgIpc) is 3.00. The molecule has 0 radical (unpaired) electrons. The standard InChI is InChI=1S/C19H30N2O/c1-15-10-16(2)12-17(11-15)19(22)14-20-7-5-6-18(13-20)21-8-3-4-9-21/h10-12,18-19,22H,3-9,13-14H2,1-2H3. The molecule has 0 bridgehead atoms. The highest BCUT2D eigenvalue weighted by Gasteiger charge is 2.28. The lowest BCUT2D eigenvalue weighted by molar-refractivity contribution is 0.0650. The maximum atomic E-state index is 10.6. The van der Waals surface area contributed by atoms with Crippen LogP contribution in [0.4, 0.5) is 0 Å². The molecule has 0 saturated carbocycles. The number of aliphatic hydroxyl groups excluding tert-OH is 1. The van der Waals surface area contributed by atoms with Crippen molar-refractivity contribution in [1.29, 1.82) is 0 Å². The first kappa shape index (κ1) is 16.0. The quantitative estimate of drug-likeness (QED) is 0.926. The zero-order valence-corrected chi connectivity index (χ0v) is 14.1. The van der Waals surface area contributed by atoms with Gasteiger partial charge in [-0.05, 0) is 64.7 Å². The summed E-state index contributed by atoms with van der Waals surface area (Å²) >= 11 is 0. The second-order valence-electron chi connectivity index (χ2n) is 7.24. The van der Waals surface area contributed by atoms with Crippen molar-refractivity contribution in [2.75, 3.05) is 32.7 Å². The largest absolute Gasteiger partial charge is 0.387 e. The highest BCUT2D eigenvalue weighted by atomic mass is 16.3. The Morgan fingerprint density at radius 3 is 2.41 bits per heavy atom. The van der Waals surface area contributed by atoms with E-state index in [1.807, 2.05) is 0 Å². The highest BCUT2D eigenvalue weighted by Crippen LogP contribution is 2.23. The summed E-state index contributed by atoms with van der Waals surface area (Å²) in [6.07, 6.45) is 4.95. The number of hydrogen-bond donors (Lipinski definition) is 1. The van der Waals surface area contributed by atoms with Gasteiger partial charge in [0.25, 0.3) is 0 Å². The Morgan fingerprint density at radius 1 is 1.05 bits per heavy atom. The minimum atomic E-state index is -0.365. The number of piperidine rings is 1. The van der Waals surface area contributed by atoms with Gasteiger partial charge in [-0.2, -0.15) is 0 Å². The summed E-state index contributed by atoms with van der Waals surface area (Å²) in [6, 6.07) is 7.13. The van der Waals surface area contributed by atoms with Crippen molar-refractivity contribution in [3.63, 3.8) is 0 Å². The van der Waals surface area contributed by atoms with Crippen LogP contribution < -0.4 is 0 Å². The van der Waals surface area contributed by atoms with Crippen LogP contribution in [0, 0.1) is 13.8 Å². The van der Waals surface area contributed by atoms with Crippen LogP contribution in [0.15, 0.2) is 18.2 Å². The fourth-order valence-corrected chi connectivity index (χ4v) is 4.15. The molecule has 2 atom stereocenters. The molecule has 0 spiro atoms. The molecule has 2 saturated heterocycles. The van der Waals surface area contributed by atoms with Crippen molar-refractivity contribution >= 4 is 0 Å². The van der Waals surface area contributed by atoms with E-state index in [0.717, 1.165) is 25.2 Å². The summed E-state index contributed by atoms with van der Waals surface area (Å²) < 4.78 is 0. The predicted octanol–water partition coefficient (Wildman–Crippen LogP) is 2.90. The second-order valence-corrected chi connectivity index (χ2v) is 7.24. The van der Waals surface area contributed by atoms with Crippen molar-refractivity contribution in [3.05, 3.63) is 34.9 Å². The molecule has 3 nitrogen and oxygen atoms in total. The summed E-state index contributed by atoms with van der Waals surface area (Å²) in [6.45, 7) is 9.79. The molecule has 3 rings (SSSR count). The lowest BCUT2D eigenvalue weighted by atomic mass is 10.0. The van der Waals surface area contributed by atoms with Gasteiger partial charge < -0.3 is 5.11 Å². The minimum Gasteiger partial charge on any atom is -0.387 e. The monoisotopic (exact) mass is 302 g/mol. The number of aliphatic hydroxyl groups is 1. The third-order valence-corrected chi connectivity index (χ3v) is 5.20. The van der Waals surface area contributed by atoms with Gasteiger partial charge in [0.2, 0.25) is 0 Å². The molecule has 2 heterocycles. The molecule has 1 aromatic rings. The van der Waals surface area contributed by atoms with Crippen molar-refractivity contribution in [1.82, 2.24) is 9.80 Å². The number of nitrogens with zero attached hydrogens (tertiary/aromatic N) is 2. The summed E-state index contributed by atoms with van der Waals surface area (Å²) in [5.74, 6) is 0. The van der Waals surface area contributed by atoms with Crippen LogP contribution in [0.5, 0.6) is 0 Å². The molecule has 2 aliphatic heterocycles. The zero-order valence-electron chi connectivity index (χ0n) is 14.1. The predicted molar refractivity (Wildman–Crippen MR) is 91.1 cm³/mol. The molecule has 0 aromatic heterocycles. The lowest BCUT2D eigenvalue weighted by Gasteiger charge is -2.38. The van der Waals surface area contributed by atoms with E-state index in [9.17, 15) is 5.11 Å². The van der Waals surface area contributed by atoms with Gasteiger partial charge in [-0.25, -0.2) is 0 Å². The maximum Gasteiger partial charge on any atom is 0.0917 e. The fourth-order valence-electron chi connectivity index (χ4n) is 4.15. The van der Waals surface area contributed by atoms with E-state index >= 15 is 0 Å². The van der Waals surface area contributed by atoms with Crippen LogP contribution in [0.3, 0.4) is 0 Å². The Morgan fingerprint density at radius 2 is 1.73 bits per heavy atom. The van der Waals surface area contributed by atoms with Crippen LogP contribution in [0.2, 0.25) is 0 Å². The molecular weight excluding hydrogens is 272 g/mol. The molecule has 0 aliphatic carbocycles. The van der Waals surface area contributed by atoms with Crippen molar-refractivity contribution in [2.45, 2.75) is 51.7 Å². The molecule has 1 aromatic carbocycles. The smallest absolute Gasteiger partial charge is 0.0917 e. The van der Waals surface area contributed by atoms with Gasteiger partial charge in [-0.1, -0.05) is 29.3 Å². The Hall–Kier alpha value is -0.900. The molecule has 3 heteroatoms. The molecule has 22 heavy (non-hydrogen) atoms. The first-order valence-corrected chi connectivity index (χ1v) is 8.84. The van der Waals surface area contributed by atoms with Crippen molar-refractivity contribution < 1.29 is 5.11 Å².